The van der Waals surface area contributed by atoms with Crippen molar-refractivity contribution in [2.75, 3.05) is 12.3 Å². The maximum Gasteiger partial charge on any atom is 0.119 e. The maximum absolute atomic E-state index is 5.87. The SMILES string of the molecule is Cc1cc(OCC2CCC(C)(C)O2)ccc1N. The first-order valence-corrected chi connectivity index (χ1v) is 6.13. The molecular formula is C14H21NO2. The van der Waals surface area contributed by atoms with Crippen LogP contribution in [0.1, 0.15) is 32.3 Å². The van der Waals surface area contributed by atoms with Gasteiger partial charge < -0.3 is 15.2 Å². The molecule has 94 valence electrons. The summed E-state index contributed by atoms with van der Waals surface area (Å²) in [6.45, 7) is 6.85. The van der Waals surface area contributed by atoms with Gasteiger partial charge in [-0.1, -0.05) is 0 Å². The molecule has 1 saturated heterocycles. The molecule has 1 heterocycles. The summed E-state index contributed by atoms with van der Waals surface area (Å²) in [5, 5.41) is 0. The van der Waals surface area contributed by atoms with Crippen molar-refractivity contribution in [1.82, 2.24) is 0 Å². The van der Waals surface area contributed by atoms with E-state index in [1.165, 1.54) is 0 Å². The molecule has 1 unspecified atom stereocenters. The van der Waals surface area contributed by atoms with Gasteiger partial charge in [0.15, 0.2) is 0 Å². The molecule has 0 bridgehead atoms. The van der Waals surface area contributed by atoms with E-state index in [0.29, 0.717) is 6.61 Å². The van der Waals surface area contributed by atoms with Crippen LogP contribution in [0, 0.1) is 6.92 Å². The highest BCUT2D eigenvalue weighted by Gasteiger charge is 2.31. The minimum atomic E-state index is 0.00502. The van der Waals surface area contributed by atoms with Crippen molar-refractivity contribution in [3.63, 3.8) is 0 Å². The number of nitrogen functional groups attached to an aromatic ring is 1. The summed E-state index contributed by atoms with van der Waals surface area (Å²) in [4.78, 5) is 0. The maximum atomic E-state index is 5.87. The molecular weight excluding hydrogens is 214 g/mol. The standard InChI is InChI=1S/C14H21NO2/c1-10-8-11(4-5-13(10)15)16-9-12-6-7-14(2,3)17-12/h4-5,8,12H,6-7,9,15H2,1-3H3. The summed E-state index contributed by atoms with van der Waals surface area (Å²) >= 11 is 0. The molecule has 17 heavy (non-hydrogen) atoms. The Bertz CT molecular complexity index is 401. The number of hydrogen-bond acceptors (Lipinski definition) is 3. The Morgan fingerprint density at radius 3 is 2.82 bits per heavy atom. The fourth-order valence-corrected chi connectivity index (χ4v) is 2.12. The van der Waals surface area contributed by atoms with E-state index < -0.39 is 0 Å². The molecule has 2 N–H and O–H groups in total. The molecule has 3 nitrogen and oxygen atoms in total. The molecule has 0 aliphatic carbocycles. The highest BCUT2D eigenvalue weighted by atomic mass is 16.6. The zero-order valence-electron chi connectivity index (χ0n) is 10.8. The molecule has 2 rings (SSSR count). The zero-order valence-corrected chi connectivity index (χ0v) is 10.8. The Morgan fingerprint density at radius 2 is 2.24 bits per heavy atom. The van der Waals surface area contributed by atoms with Crippen LogP contribution < -0.4 is 10.5 Å². The lowest BCUT2D eigenvalue weighted by Crippen LogP contribution is -2.23. The van der Waals surface area contributed by atoms with Crippen molar-refractivity contribution in [2.24, 2.45) is 0 Å². The van der Waals surface area contributed by atoms with Crippen LogP contribution >= 0.6 is 0 Å². The van der Waals surface area contributed by atoms with Gasteiger partial charge in [-0.15, -0.1) is 0 Å². The summed E-state index contributed by atoms with van der Waals surface area (Å²) in [5.74, 6) is 0.866. The van der Waals surface area contributed by atoms with E-state index in [0.717, 1.165) is 29.8 Å². The molecule has 1 aromatic rings. The lowest BCUT2D eigenvalue weighted by atomic mass is 10.1. The average Bonchev–Trinajstić information content (AvgIpc) is 2.60. The number of benzene rings is 1. The average molecular weight is 235 g/mol. The number of aryl methyl sites for hydroxylation is 1. The van der Waals surface area contributed by atoms with Crippen LogP contribution in [0.3, 0.4) is 0 Å². The van der Waals surface area contributed by atoms with Crippen LogP contribution in [0.5, 0.6) is 5.75 Å². The van der Waals surface area contributed by atoms with Crippen molar-refractivity contribution in [3.8, 4) is 5.75 Å². The van der Waals surface area contributed by atoms with E-state index in [2.05, 4.69) is 13.8 Å². The van der Waals surface area contributed by atoms with Gasteiger partial charge in [-0.2, -0.15) is 0 Å². The highest BCUT2D eigenvalue weighted by molar-refractivity contribution is 5.49. The lowest BCUT2D eigenvalue weighted by Gasteiger charge is -2.19. The molecule has 0 amide bonds. The molecule has 3 heteroatoms. The van der Waals surface area contributed by atoms with Gasteiger partial charge in [-0.3, -0.25) is 0 Å². The third-order valence-corrected chi connectivity index (χ3v) is 3.23. The van der Waals surface area contributed by atoms with E-state index in [4.69, 9.17) is 15.2 Å². The summed E-state index contributed by atoms with van der Waals surface area (Å²) in [7, 11) is 0. The molecule has 1 fully saturated rings. The van der Waals surface area contributed by atoms with Crippen molar-refractivity contribution < 1.29 is 9.47 Å². The molecule has 0 radical (unpaired) electrons. The fraction of sp³-hybridized carbons (Fsp3) is 0.571. The summed E-state index contributed by atoms with van der Waals surface area (Å²) < 4.78 is 11.6. The van der Waals surface area contributed by atoms with Gasteiger partial charge >= 0.3 is 0 Å². The predicted molar refractivity (Wildman–Crippen MR) is 69.3 cm³/mol. The van der Waals surface area contributed by atoms with Gasteiger partial charge in [0.2, 0.25) is 0 Å². The Kier molecular flexibility index (Phi) is 3.29. The largest absolute Gasteiger partial charge is 0.491 e. The Hall–Kier alpha value is -1.22. The minimum absolute atomic E-state index is 0.00502. The Labute approximate surface area is 103 Å². The molecule has 1 aliphatic heterocycles. The highest BCUT2D eigenvalue weighted by Crippen LogP contribution is 2.29. The first-order chi connectivity index (χ1) is 7.96. The second-order valence-electron chi connectivity index (χ2n) is 5.37. The number of ether oxygens (including phenoxy) is 2. The van der Waals surface area contributed by atoms with Gasteiger partial charge in [0.25, 0.3) is 0 Å². The van der Waals surface area contributed by atoms with Gasteiger partial charge in [-0.05, 0) is 57.4 Å². The van der Waals surface area contributed by atoms with E-state index >= 15 is 0 Å². The summed E-state index contributed by atoms with van der Waals surface area (Å²) in [5.41, 5.74) is 7.62. The van der Waals surface area contributed by atoms with Gasteiger partial charge in [0.05, 0.1) is 11.7 Å². The second kappa shape index (κ2) is 4.57. The van der Waals surface area contributed by atoms with Crippen molar-refractivity contribution in [1.29, 1.82) is 0 Å². The van der Waals surface area contributed by atoms with E-state index in [9.17, 15) is 0 Å². The summed E-state index contributed by atoms with van der Waals surface area (Å²) in [6, 6.07) is 5.75. The van der Waals surface area contributed by atoms with E-state index in [1.54, 1.807) is 0 Å². The number of hydrogen-bond donors (Lipinski definition) is 1. The van der Waals surface area contributed by atoms with Crippen LogP contribution in [0.15, 0.2) is 18.2 Å². The topological polar surface area (TPSA) is 44.5 Å². The van der Waals surface area contributed by atoms with Crippen LogP contribution in [0.25, 0.3) is 0 Å². The molecule has 1 aliphatic rings. The van der Waals surface area contributed by atoms with Crippen molar-refractivity contribution >= 4 is 5.69 Å². The number of rotatable bonds is 3. The smallest absolute Gasteiger partial charge is 0.119 e. The Morgan fingerprint density at radius 1 is 1.47 bits per heavy atom. The van der Waals surface area contributed by atoms with Crippen LogP contribution in [-0.2, 0) is 4.74 Å². The normalized spacial score (nSPS) is 22.6. The van der Waals surface area contributed by atoms with Crippen molar-refractivity contribution in [3.05, 3.63) is 23.8 Å². The van der Waals surface area contributed by atoms with Crippen LogP contribution in [0.4, 0.5) is 5.69 Å². The molecule has 1 atom stereocenters. The van der Waals surface area contributed by atoms with E-state index in [1.807, 2.05) is 25.1 Å². The minimum Gasteiger partial charge on any atom is -0.491 e. The number of nitrogens with two attached hydrogens (primary N) is 1. The number of anilines is 1. The van der Waals surface area contributed by atoms with Gasteiger partial charge in [0.1, 0.15) is 12.4 Å². The third kappa shape index (κ3) is 3.13. The predicted octanol–water partition coefficient (Wildman–Crippen LogP) is 2.91. The lowest BCUT2D eigenvalue weighted by molar-refractivity contribution is -0.0326. The molecule has 0 aromatic heterocycles. The molecule has 1 aromatic carbocycles. The second-order valence-corrected chi connectivity index (χ2v) is 5.37. The first kappa shape index (κ1) is 12.2. The fourth-order valence-electron chi connectivity index (χ4n) is 2.12. The molecule has 0 saturated carbocycles. The first-order valence-electron chi connectivity index (χ1n) is 6.13. The quantitative estimate of drug-likeness (QED) is 0.819. The van der Waals surface area contributed by atoms with Crippen LogP contribution in [-0.4, -0.2) is 18.3 Å². The summed E-state index contributed by atoms with van der Waals surface area (Å²) in [6.07, 6.45) is 2.38. The molecule has 0 spiro atoms. The van der Waals surface area contributed by atoms with E-state index in [-0.39, 0.29) is 11.7 Å². The van der Waals surface area contributed by atoms with Crippen molar-refractivity contribution in [2.45, 2.75) is 45.3 Å². The monoisotopic (exact) mass is 235 g/mol. The van der Waals surface area contributed by atoms with Crippen LogP contribution in [0.2, 0.25) is 0 Å². The van der Waals surface area contributed by atoms with Gasteiger partial charge in [-0.25, -0.2) is 0 Å². The zero-order chi connectivity index (χ0) is 12.5. The van der Waals surface area contributed by atoms with Gasteiger partial charge in [0, 0.05) is 5.69 Å². The Balaban J connectivity index is 1.88. The third-order valence-electron chi connectivity index (χ3n) is 3.23.